The van der Waals surface area contributed by atoms with E-state index in [1.807, 2.05) is 0 Å². The molecule has 0 spiro atoms. The Morgan fingerprint density at radius 3 is 2.68 bits per heavy atom. The van der Waals surface area contributed by atoms with Crippen LogP contribution in [0.2, 0.25) is 5.02 Å². The number of benzene rings is 2. The monoisotopic (exact) mass is 360 g/mol. The molecule has 3 aromatic rings. The first kappa shape index (κ1) is 16.6. The molecular weight excluding hydrogens is 351 g/mol. The number of halogens is 2. The third kappa shape index (κ3) is 3.48. The number of carbonyl (C=O) groups excluding carboxylic acids is 1. The Morgan fingerprint density at radius 1 is 1.28 bits per heavy atom. The predicted molar refractivity (Wildman–Crippen MR) is 89.6 cm³/mol. The molecule has 0 aliphatic rings. The molecule has 126 valence electrons. The number of aromatic nitrogens is 2. The van der Waals surface area contributed by atoms with Crippen LogP contribution in [0.25, 0.3) is 5.69 Å². The van der Waals surface area contributed by atoms with E-state index in [4.69, 9.17) is 11.6 Å². The van der Waals surface area contributed by atoms with Crippen LogP contribution in [0.5, 0.6) is 0 Å². The van der Waals surface area contributed by atoms with Crippen molar-refractivity contribution in [1.82, 2.24) is 9.55 Å². The lowest BCUT2D eigenvalue weighted by Crippen LogP contribution is -2.13. The van der Waals surface area contributed by atoms with Gasteiger partial charge in [0.2, 0.25) is 0 Å². The lowest BCUT2D eigenvalue weighted by molar-refractivity contribution is -0.384. The van der Waals surface area contributed by atoms with E-state index in [1.165, 1.54) is 41.4 Å². The number of rotatable bonds is 4. The fourth-order valence-corrected chi connectivity index (χ4v) is 2.46. The first-order valence-electron chi connectivity index (χ1n) is 6.99. The number of nitro groups is 1. The quantitative estimate of drug-likeness (QED) is 0.565. The van der Waals surface area contributed by atoms with E-state index < -0.39 is 16.6 Å². The van der Waals surface area contributed by atoms with Gasteiger partial charge < -0.3 is 9.88 Å². The Balaban J connectivity index is 1.82. The SMILES string of the molecule is O=C(Nc1ccc(-n2ccnc2)c(F)c1)c1ccc([N+](=O)[O-])cc1Cl. The summed E-state index contributed by atoms with van der Waals surface area (Å²) in [7, 11) is 0. The van der Waals surface area contributed by atoms with Gasteiger partial charge in [-0.1, -0.05) is 11.6 Å². The number of carbonyl (C=O) groups is 1. The summed E-state index contributed by atoms with van der Waals surface area (Å²) in [6.45, 7) is 0. The number of nitrogens with zero attached hydrogens (tertiary/aromatic N) is 3. The summed E-state index contributed by atoms with van der Waals surface area (Å²) in [4.78, 5) is 26.2. The second-order valence-electron chi connectivity index (χ2n) is 5.01. The Morgan fingerprint density at radius 2 is 2.08 bits per heavy atom. The van der Waals surface area contributed by atoms with Crippen LogP contribution in [0.3, 0.4) is 0 Å². The van der Waals surface area contributed by atoms with E-state index in [0.29, 0.717) is 0 Å². The van der Waals surface area contributed by atoms with Crippen LogP contribution in [0.1, 0.15) is 10.4 Å². The van der Waals surface area contributed by atoms with Crippen molar-refractivity contribution in [2.45, 2.75) is 0 Å². The zero-order chi connectivity index (χ0) is 18.0. The molecule has 1 heterocycles. The maximum absolute atomic E-state index is 14.2. The molecule has 0 aliphatic heterocycles. The van der Waals surface area contributed by atoms with Crippen LogP contribution < -0.4 is 5.32 Å². The molecule has 0 fully saturated rings. The number of anilines is 1. The Hall–Kier alpha value is -3.26. The summed E-state index contributed by atoms with van der Waals surface area (Å²) in [5.74, 6) is -1.15. The summed E-state index contributed by atoms with van der Waals surface area (Å²) in [6.07, 6.45) is 4.56. The second kappa shape index (κ2) is 6.70. The van der Waals surface area contributed by atoms with E-state index >= 15 is 0 Å². The van der Waals surface area contributed by atoms with Gasteiger partial charge >= 0.3 is 0 Å². The van der Waals surface area contributed by atoms with Crippen molar-refractivity contribution < 1.29 is 14.1 Å². The van der Waals surface area contributed by atoms with Gasteiger partial charge in [-0.25, -0.2) is 9.37 Å². The fourth-order valence-electron chi connectivity index (χ4n) is 2.20. The van der Waals surface area contributed by atoms with Crippen molar-refractivity contribution in [2.24, 2.45) is 0 Å². The largest absolute Gasteiger partial charge is 0.322 e. The highest BCUT2D eigenvalue weighted by Gasteiger charge is 2.16. The standard InChI is InChI=1S/C16H10ClFN4O3/c17-13-8-11(22(24)25)2-3-12(13)16(23)20-10-1-4-15(14(18)7-10)21-6-5-19-9-21/h1-9H,(H,20,23). The highest BCUT2D eigenvalue weighted by atomic mass is 35.5. The molecule has 0 bridgehead atoms. The van der Waals surface area contributed by atoms with Crippen molar-refractivity contribution in [1.29, 1.82) is 0 Å². The van der Waals surface area contributed by atoms with Crippen molar-refractivity contribution in [2.75, 3.05) is 5.32 Å². The first-order chi connectivity index (χ1) is 12.0. The van der Waals surface area contributed by atoms with E-state index in [2.05, 4.69) is 10.3 Å². The van der Waals surface area contributed by atoms with Crippen molar-refractivity contribution in [3.63, 3.8) is 0 Å². The zero-order valence-corrected chi connectivity index (χ0v) is 13.3. The molecule has 0 saturated carbocycles. The molecule has 1 amide bonds. The van der Waals surface area contributed by atoms with Crippen LogP contribution in [0, 0.1) is 15.9 Å². The topological polar surface area (TPSA) is 90.1 Å². The molecule has 2 aromatic carbocycles. The molecule has 1 N–H and O–H groups in total. The number of hydrogen-bond donors (Lipinski definition) is 1. The molecule has 25 heavy (non-hydrogen) atoms. The minimum atomic E-state index is -0.613. The number of non-ortho nitro benzene ring substituents is 1. The van der Waals surface area contributed by atoms with Gasteiger partial charge in [-0.05, 0) is 24.3 Å². The number of imidazole rings is 1. The average molecular weight is 361 g/mol. The molecular formula is C16H10ClFN4O3. The Bertz CT molecular complexity index is 960. The maximum Gasteiger partial charge on any atom is 0.270 e. The van der Waals surface area contributed by atoms with E-state index in [-0.39, 0.29) is 27.6 Å². The van der Waals surface area contributed by atoms with E-state index in [9.17, 15) is 19.3 Å². The Labute approximate surface area is 145 Å². The lowest BCUT2D eigenvalue weighted by atomic mass is 10.2. The van der Waals surface area contributed by atoms with Crippen LogP contribution in [0.4, 0.5) is 15.8 Å². The molecule has 9 heteroatoms. The number of hydrogen-bond acceptors (Lipinski definition) is 4. The smallest absolute Gasteiger partial charge is 0.270 e. The predicted octanol–water partition coefficient (Wildman–Crippen LogP) is 3.83. The van der Waals surface area contributed by atoms with E-state index in [1.54, 1.807) is 6.20 Å². The Kier molecular flexibility index (Phi) is 4.44. The van der Waals surface area contributed by atoms with Gasteiger partial charge in [-0.2, -0.15) is 0 Å². The average Bonchev–Trinajstić information content (AvgIpc) is 3.08. The number of nitrogens with one attached hydrogen (secondary N) is 1. The van der Waals surface area contributed by atoms with Crippen molar-refractivity contribution in [3.8, 4) is 5.69 Å². The van der Waals surface area contributed by atoms with Crippen LogP contribution in [-0.4, -0.2) is 20.4 Å². The normalized spacial score (nSPS) is 10.5. The van der Waals surface area contributed by atoms with Gasteiger partial charge in [-0.15, -0.1) is 0 Å². The first-order valence-corrected chi connectivity index (χ1v) is 7.36. The lowest BCUT2D eigenvalue weighted by Gasteiger charge is -2.09. The van der Waals surface area contributed by atoms with E-state index in [0.717, 1.165) is 12.1 Å². The van der Waals surface area contributed by atoms with Crippen LogP contribution in [-0.2, 0) is 0 Å². The van der Waals surface area contributed by atoms with Crippen molar-refractivity contribution >= 4 is 28.9 Å². The third-order valence-electron chi connectivity index (χ3n) is 3.40. The molecule has 0 saturated heterocycles. The summed E-state index contributed by atoms with van der Waals surface area (Å²) in [6, 6.07) is 7.67. The van der Waals surface area contributed by atoms with Crippen LogP contribution >= 0.6 is 11.6 Å². The molecule has 1 aromatic heterocycles. The molecule has 7 nitrogen and oxygen atoms in total. The highest BCUT2D eigenvalue weighted by Crippen LogP contribution is 2.24. The van der Waals surface area contributed by atoms with Gasteiger partial charge in [0.1, 0.15) is 5.82 Å². The third-order valence-corrected chi connectivity index (χ3v) is 3.71. The van der Waals surface area contributed by atoms with Gasteiger partial charge in [0.25, 0.3) is 11.6 Å². The van der Waals surface area contributed by atoms with Gasteiger partial charge in [0.15, 0.2) is 0 Å². The number of nitro benzene ring substituents is 1. The second-order valence-corrected chi connectivity index (χ2v) is 5.42. The fraction of sp³-hybridized carbons (Fsp3) is 0. The minimum absolute atomic E-state index is 0.0476. The molecule has 0 radical (unpaired) electrons. The zero-order valence-electron chi connectivity index (χ0n) is 12.5. The van der Waals surface area contributed by atoms with Gasteiger partial charge in [0, 0.05) is 30.2 Å². The molecule has 3 rings (SSSR count). The van der Waals surface area contributed by atoms with Gasteiger partial charge in [-0.3, -0.25) is 14.9 Å². The molecule has 0 unspecified atom stereocenters. The van der Waals surface area contributed by atoms with Gasteiger partial charge in [0.05, 0.1) is 27.5 Å². The summed E-state index contributed by atoms with van der Waals surface area (Å²) < 4.78 is 15.7. The maximum atomic E-state index is 14.2. The molecule has 0 atom stereocenters. The summed E-state index contributed by atoms with van der Waals surface area (Å²) in [5, 5.41) is 13.1. The van der Waals surface area contributed by atoms with Crippen LogP contribution in [0.15, 0.2) is 55.1 Å². The molecule has 0 aliphatic carbocycles. The van der Waals surface area contributed by atoms with Crippen molar-refractivity contribution in [3.05, 3.63) is 81.6 Å². The minimum Gasteiger partial charge on any atom is -0.322 e. The summed E-state index contributed by atoms with van der Waals surface area (Å²) >= 11 is 5.91. The summed E-state index contributed by atoms with van der Waals surface area (Å²) in [5.41, 5.74) is 0.327. The highest BCUT2D eigenvalue weighted by molar-refractivity contribution is 6.34. The number of amides is 1.